The molecule has 0 aliphatic heterocycles. The van der Waals surface area contributed by atoms with E-state index in [9.17, 15) is 19.2 Å². The average Bonchev–Trinajstić information content (AvgIpc) is 3.11. The molecule has 2 aromatic carbocycles. The van der Waals surface area contributed by atoms with E-state index in [1.807, 2.05) is 32.0 Å². The summed E-state index contributed by atoms with van der Waals surface area (Å²) in [5.41, 5.74) is 1.06. The molecule has 1 amide bonds. The highest BCUT2D eigenvalue weighted by Crippen LogP contribution is 2.35. The van der Waals surface area contributed by atoms with Crippen LogP contribution < -0.4 is 21.2 Å². The molecule has 2 aromatic heterocycles. The topological polar surface area (TPSA) is 104 Å². The Labute approximate surface area is 225 Å². The van der Waals surface area contributed by atoms with E-state index < -0.39 is 17.0 Å². The average molecular weight is 527 g/mol. The minimum absolute atomic E-state index is 0.0620. The molecule has 0 radical (unpaired) electrons. The van der Waals surface area contributed by atoms with Crippen LogP contribution >= 0.6 is 0 Å². The zero-order valence-electron chi connectivity index (χ0n) is 22.6. The molecule has 1 aliphatic rings. The second-order valence-corrected chi connectivity index (χ2v) is 10.6. The van der Waals surface area contributed by atoms with Crippen LogP contribution in [0.25, 0.3) is 11.4 Å². The Kier molecular flexibility index (Phi) is 6.38. The van der Waals surface area contributed by atoms with Gasteiger partial charge in [-0.1, -0.05) is 32.0 Å². The molecule has 4 aromatic rings. The molecule has 0 spiro atoms. The standard InChI is InChI=1S/C30H30N4O5/c1-18-26(29(38)34(32(18)4)20-9-7-6-8-10-20)31-27(36)23-15-22-24(16-30(2,3)17-25(22)35)33(28(23)37)19-11-13-21(39-5)14-12-19/h6-15H,16-17H2,1-5H3,(H,31,36). The van der Waals surface area contributed by atoms with Crippen molar-refractivity contribution in [2.75, 3.05) is 12.4 Å². The number of ether oxygens (including phenoxy) is 1. The first-order valence-corrected chi connectivity index (χ1v) is 12.6. The van der Waals surface area contributed by atoms with Crippen molar-refractivity contribution in [3.63, 3.8) is 0 Å². The number of nitrogens with zero attached hydrogens (tertiary/aromatic N) is 3. The van der Waals surface area contributed by atoms with Crippen LogP contribution in [0.5, 0.6) is 5.75 Å². The fourth-order valence-corrected chi connectivity index (χ4v) is 5.17. The first-order valence-electron chi connectivity index (χ1n) is 12.6. The number of methoxy groups -OCH3 is 1. The van der Waals surface area contributed by atoms with Crippen LogP contribution in [0.4, 0.5) is 5.69 Å². The van der Waals surface area contributed by atoms with E-state index in [-0.39, 0.29) is 22.4 Å². The molecule has 0 fully saturated rings. The Bertz CT molecular complexity index is 1720. The fraction of sp³-hybridized carbons (Fsp3) is 0.267. The van der Waals surface area contributed by atoms with Gasteiger partial charge in [-0.25, -0.2) is 4.68 Å². The predicted octanol–water partition coefficient (Wildman–Crippen LogP) is 4.05. The number of nitrogens with one attached hydrogen (secondary N) is 1. The third-order valence-electron chi connectivity index (χ3n) is 7.26. The van der Waals surface area contributed by atoms with Gasteiger partial charge in [0.05, 0.1) is 18.5 Å². The minimum atomic E-state index is -0.756. The zero-order valence-corrected chi connectivity index (χ0v) is 22.6. The van der Waals surface area contributed by atoms with Crippen LogP contribution in [0.1, 0.15) is 52.4 Å². The Hall–Kier alpha value is -4.66. The van der Waals surface area contributed by atoms with Gasteiger partial charge in [-0.15, -0.1) is 0 Å². The Morgan fingerprint density at radius 2 is 1.59 bits per heavy atom. The van der Waals surface area contributed by atoms with Crippen molar-refractivity contribution in [2.45, 2.75) is 33.6 Å². The maximum absolute atomic E-state index is 13.9. The van der Waals surface area contributed by atoms with E-state index in [1.54, 1.807) is 62.2 Å². The Morgan fingerprint density at radius 1 is 0.923 bits per heavy atom. The molecular weight excluding hydrogens is 496 g/mol. The molecule has 1 N–H and O–H groups in total. The number of carbonyl (C=O) groups excluding carboxylic acids is 2. The summed E-state index contributed by atoms with van der Waals surface area (Å²) < 4.78 is 9.77. The second kappa shape index (κ2) is 9.58. The number of anilines is 1. The van der Waals surface area contributed by atoms with Crippen molar-refractivity contribution < 1.29 is 14.3 Å². The number of rotatable bonds is 5. The highest BCUT2D eigenvalue weighted by molar-refractivity contribution is 6.07. The Morgan fingerprint density at radius 3 is 2.23 bits per heavy atom. The zero-order chi connectivity index (χ0) is 28.1. The minimum Gasteiger partial charge on any atom is -0.497 e. The smallest absolute Gasteiger partial charge is 0.295 e. The van der Waals surface area contributed by atoms with Gasteiger partial charge in [0, 0.05) is 30.4 Å². The summed E-state index contributed by atoms with van der Waals surface area (Å²) in [4.78, 5) is 54.0. The molecule has 39 heavy (non-hydrogen) atoms. The van der Waals surface area contributed by atoms with E-state index in [1.165, 1.54) is 15.3 Å². The quantitative estimate of drug-likeness (QED) is 0.423. The van der Waals surface area contributed by atoms with E-state index in [0.717, 1.165) is 0 Å². The number of benzene rings is 2. The molecule has 9 heteroatoms. The maximum atomic E-state index is 13.9. The third-order valence-corrected chi connectivity index (χ3v) is 7.26. The summed E-state index contributed by atoms with van der Waals surface area (Å²) in [6.45, 7) is 5.67. The van der Waals surface area contributed by atoms with Crippen LogP contribution in [0, 0.1) is 12.3 Å². The van der Waals surface area contributed by atoms with Crippen LogP contribution in [-0.2, 0) is 13.5 Å². The fourth-order valence-electron chi connectivity index (χ4n) is 5.17. The normalized spacial score (nSPS) is 14.1. The number of hydrogen-bond donors (Lipinski definition) is 1. The first-order chi connectivity index (χ1) is 18.5. The summed E-state index contributed by atoms with van der Waals surface area (Å²) in [6.07, 6.45) is 0.776. The molecule has 2 heterocycles. The monoisotopic (exact) mass is 526 g/mol. The van der Waals surface area contributed by atoms with Gasteiger partial charge in [-0.3, -0.25) is 28.4 Å². The van der Waals surface area contributed by atoms with Crippen LogP contribution in [-0.4, -0.2) is 32.7 Å². The molecule has 9 nitrogen and oxygen atoms in total. The first kappa shape index (κ1) is 26.0. The summed E-state index contributed by atoms with van der Waals surface area (Å²) in [5.74, 6) is -0.284. The molecule has 0 saturated heterocycles. The Balaban J connectivity index is 1.64. The van der Waals surface area contributed by atoms with Gasteiger partial charge in [-0.05, 0) is 61.2 Å². The van der Waals surface area contributed by atoms with Crippen LogP contribution in [0.2, 0.25) is 0 Å². The van der Waals surface area contributed by atoms with Crippen molar-refractivity contribution >= 4 is 17.4 Å². The van der Waals surface area contributed by atoms with E-state index in [0.29, 0.717) is 46.9 Å². The van der Waals surface area contributed by atoms with Gasteiger partial charge in [0.15, 0.2) is 5.78 Å². The van der Waals surface area contributed by atoms with Crippen molar-refractivity contribution in [2.24, 2.45) is 12.5 Å². The number of carbonyl (C=O) groups is 2. The molecule has 200 valence electrons. The van der Waals surface area contributed by atoms with Gasteiger partial charge in [0.25, 0.3) is 17.0 Å². The number of pyridine rings is 1. The molecule has 0 saturated carbocycles. The lowest BCUT2D eigenvalue weighted by Crippen LogP contribution is -2.37. The van der Waals surface area contributed by atoms with Crippen molar-refractivity contribution in [3.8, 4) is 17.1 Å². The predicted molar refractivity (Wildman–Crippen MR) is 149 cm³/mol. The van der Waals surface area contributed by atoms with Gasteiger partial charge >= 0.3 is 0 Å². The number of amides is 1. The molecular formula is C30H30N4O5. The second-order valence-electron chi connectivity index (χ2n) is 10.6. The van der Waals surface area contributed by atoms with Crippen molar-refractivity contribution in [1.82, 2.24) is 13.9 Å². The van der Waals surface area contributed by atoms with Crippen LogP contribution in [0.3, 0.4) is 0 Å². The summed E-state index contributed by atoms with van der Waals surface area (Å²) in [5, 5.41) is 2.66. The van der Waals surface area contributed by atoms with Crippen LogP contribution in [0.15, 0.2) is 70.3 Å². The lowest BCUT2D eigenvalue weighted by molar-refractivity contribution is 0.0908. The third kappa shape index (κ3) is 4.50. The van der Waals surface area contributed by atoms with Gasteiger partial charge < -0.3 is 10.1 Å². The number of ketones is 1. The van der Waals surface area contributed by atoms with E-state index in [4.69, 9.17) is 4.74 Å². The van der Waals surface area contributed by atoms with E-state index >= 15 is 0 Å². The highest BCUT2D eigenvalue weighted by atomic mass is 16.5. The summed E-state index contributed by atoms with van der Waals surface area (Å²) >= 11 is 0. The lowest BCUT2D eigenvalue weighted by atomic mass is 9.75. The van der Waals surface area contributed by atoms with Gasteiger partial charge in [-0.2, -0.15) is 0 Å². The largest absolute Gasteiger partial charge is 0.497 e. The highest BCUT2D eigenvalue weighted by Gasteiger charge is 2.35. The van der Waals surface area contributed by atoms with Gasteiger partial charge in [0.2, 0.25) is 0 Å². The number of fused-ring (bicyclic) bond motifs is 1. The number of para-hydroxylation sites is 1. The summed E-state index contributed by atoms with van der Waals surface area (Å²) in [7, 11) is 3.27. The molecule has 0 bridgehead atoms. The van der Waals surface area contributed by atoms with E-state index in [2.05, 4.69) is 5.32 Å². The number of hydrogen-bond acceptors (Lipinski definition) is 5. The van der Waals surface area contributed by atoms with Gasteiger partial charge in [0.1, 0.15) is 17.0 Å². The number of aromatic nitrogens is 3. The lowest BCUT2D eigenvalue weighted by Gasteiger charge is -2.32. The van der Waals surface area contributed by atoms with Crippen molar-refractivity contribution in [1.29, 1.82) is 0 Å². The summed E-state index contributed by atoms with van der Waals surface area (Å²) in [6, 6.07) is 17.3. The SMILES string of the molecule is COc1ccc(-n2c3c(cc(C(=O)Nc4c(C)n(C)n(-c5ccccc5)c4=O)c2=O)C(=O)CC(C)(C)C3)cc1. The molecule has 0 unspecified atom stereocenters. The number of Topliss-reactive ketones (excluding diaryl/α,β-unsaturated/α-hetero) is 1. The molecule has 0 atom stereocenters. The van der Waals surface area contributed by atoms with Crippen molar-refractivity contribution in [3.05, 3.63) is 104 Å². The molecule has 5 rings (SSSR count). The maximum Gasteiger partial charge on any atom is 0.295 e. The molecule has 1 aliphatic carbocycles.